The molecule has 27 heavy (non-hydrogen) atoms. The molecule has 152 valence electrons. The van der Waals surface area contributed by atoms with E-state index in [1.807, 2.05) is 0 Å². The fraction of sp³-hybridized carbons (Fsp3) is 0.778. The van der Waals surface area contributed by atoms with E-state index >= 15 is 0 Å². The van der Waals surface area contributed by atoms with Crippen molar-refractivity contribution in [3.8, 4) is 0 Å². The van der Waals surface area contributed by atoms with E-state index in [1.165, 1.54) is 0 Å². The number of carbonyl (C=O) groups excluding carboxylic acids is 4. The maximum atomic E-state index is 14.0. The van der Waals surface area contributed by atoms with Crippen LogP contribution in [0.4, 0.5) is 9.18 Å². The Kier molecular flexibility index (Phi) is 7.15. The Morgan fingerprint density at radius 2 is 1.85 bits per heavy atom. The summed E-state index contributed by atoms with van der Waals surface area (Å²) in [5.41, 5.74) is 3.80. The van der Waals surface area contributed by atoms with Crippen LogP contribution in [0.3, 0.4) is 0 Å². The lowest BCUT2D eigenvalue weighted by Gasteiger charge is -2.30. The molecule has 2 aliphatic carbocycles. The van der Waals surface area contributed by atoms with E-state index in [0.29, 0.717) is 38.5 Å². The Morgan fingerprint density at radius 3 is 2.37 bits per heavy atom. The minimum absolute atomic E-state index is 0.104. The second-order valence-corrected chi connectivity index (χ2v) is 7.33. The van der Waals surface area contributed by atoms with Gasteiger partial charge in [-0.05, 0) is 44.9 Å². The zero-order valence-corrected chi connectivity index (χ0v) is 15.6. The highest BCUT2D eigenvalue weighted by molar-refractivity contribution is 6.39. The second-order valence-electron chi connectivity index (χ2n) is 7.33. The summed E-state index contributed by atoms with van der Waals surface area (Å²) in [4.78, 5) is 48.4. The Labute approximate surface area is 157 Å². The van der Waals surface area contributed by atoms with Gasteiger partial charge < -0.3 is 21.1 Å². The molecule has 3 amide bonds. The smallest absolute Gasteiger partial charge is 0.407 e. The number of primary amides is 1. The Hall–Kier alpha value is -2.19. The van der Waals surface area contributed by atoms with Gasteiger partial charge in [0.05, 0.1) is 6.61 Å². The molecule has 0 aromatic rings. The van der Waals surface area contributed by atoms with Crippen LogP contribution in [-0.2, 0) is 19.1 Å². The molecule has 9 heteroatoms. The molecule has 0 heterocycles. The molecule has 2 fully saturated rings. The molecule has 2 aliphatic rings. The van der Waals surface area contributed by atoms with Crippen LogP contribution in [-0.4, -0.2) is 48.1 Å². The van der Waals surface area contributed by atoms with Crippen molar-refractivity contribution in [3.05, 3.63) is 0 Å². The van der Waals surface area contributed by atoms with Gasteiger partial charge in [0.1, 0.15) is 17.8 Å². The first-order valence-corrected chi connectivity index (χ1v) is 9.52. The number of hydrogen-bond donors (Lipinski definition) is 3. The zero-order chi connectivity index (χ0) is 20.0. The standard InChI is InChI=1S/C18H28FN3O5/c1-2-27-17(26)21-13(10-11-6-5-7-12(11)19)16(25)22-18(8-3-4-9-18)14(23)15(20)24/h11-13H,2-10H2,1H3,(H2,20,24)(H,21,26)(H,22,25)/t11?,12?,13-/m0/s1. The van der Waals surface area contributed by atoms with Crippen LogP contribution in [0.2, 0.25) is 0 Å². The number of halogens is 1. The number of carbonyl (C=O) groups is 4. The quantitative estimate of drug-likeness (QED) is 0.539. The summed E-state index contributed by atoms with van der Waals surface area (Å²) in [5.74, 6) is -2.92. The van der Waals surface area contributed by atoms with Crippen molar-refractivity contribution in [1.82, 2.24) is 10.6 Å². The van der Waals surface area contributed by atoms with Crippen LogP contribution in [0.25, 0.3) is 0 Å². The minimum Gasteiger partial charge on any atom is -0.450 e. The predicted molar refractivity (Wildman–Crippen MR) is 94.3 cm³/mol. The monoisotopic (exact) mass is 385 g/mol. The van der Waals surface area contributed by atoms with Crippen LogP contribution in [0, 0.1) is 5.92 Å². The third kappa shape index (κ3) is 5.17. The molecular formula is C18H28FN3O5. The normalized spacial score (nSPS) is 24.8. The van der Waals surface area contributed by atoms with Gasteiger partial charge in [-0.3, -0.25) is 14.4 Å². The van der Waals surface area contributed by atoms with Crippen molar-refractivity contribution in [1.29, 1.82) is 0 Å². The largest absolute Gasteiger partial charge is 0.450 e. The van der Waals surface area contributed by atoms with Gasteiger partial charge in [0, 0.05) is 0 Å². The molecule has 0 saturated heterocycles. The fourth-order valence-corrected chi connectivity index (χ4v) is 4.05. The number of alkyl carbamates (subject to hydrolysis) is 1. The lowest BCUT2D eigenvalue weighted by atomic mass is 9.89. The average molecular weight is 385 g/mol. The first kappa shape index (κ1) is 21.1. The number of nitrogens with two attached hydrogens (primary N) is 1. The molecular weight excluding hydrogens is 357 g/mol. The van der Waals surface area contributed by atoms with Gasteiger partial charge in [-0.2, -0.15) is 0 Å². The van der Waals surface area contributed by atoms with Crippen molar-refractivity contribution in [3.63, 3.8) is 0 Å². The maximum Gasteiger partial charge on any atom is 0.407 e. The molecule has 0 aliphatic heterocycles. The van der Waals surface area contributed by atoms with Crippen molar-refractivity contribution in [2.75, 3.05) is 6.61 Å². The van der Waals surface area contributed by atoms with Gasteiger partial charge in [-0.15, -0.1) is 0 Å². The van der Waals surface area contributed by atoms with Crippen LogP contribution in [0.15, 0.2) is 0 Å². The summed E-state index contributed by atoms with van der Waals surface area (Å²) in [6.07, 6.45) is 2.03. The number of rotatable bonds is 8. The SMILES string of the molecule is CCOC(=O)N[C@@H](CC1CCCC1F)C(=O)NC1(C(=O)C(N)=O)CCCC1. The number of amides is 3. The zero-order valence-electron chi connectivity index (χ0n) is 15.6. The number of ether oxygens (including phenoxy) is 1. The highest BCUT2D eigenvalue weighted by Crippen LogP contribution is 2.33. The van der Waals surface area contributed by atoms with E-state index in [0.717, 1.165) is 6.42 Å². The van der Waals surface area contributed by atoms with Crippen molar-refractivity contribution >= 4 is 23.7 Å². The van der Waals surface area contributed by atoms with Gasteiger partial charge >= 0.3 is 6.09 Å². The lowest BCUT2D eigenvalue weighted by Crippen LogP contribution is -2.60. The molecule has 0 radical (unpaired) electrons. The lowest BCUT2D eigenvalue weighted by molar-refractivity contribution is -0.142. The Bertz CT molecular complexity index is 592. The molecule has 2 unspecified atom stereocenters. The molecule has 0 spiro atoms. The molecule has 2 rings (SSSR count). The van der Waals surface area contributed by atoms with Crippen molar-refractivity contribution in [2.24, 2.45) is 11.7 Å². The van der Waals surface area contributed by atoms with E-state index in [1.54, 1.807) is 6.92 Å². The summed E-state index contributed by atoms with van der Waals surface area (Å²) in [6, 6.07) is -1.05. The highest BCUT2D eigenvalue weighted by Gasteiger charge is 2.46. The summed E-state index contributed by atoms with van der Waals surface area (Å²) in [5, 5.41) is 5.08. The minimum atomic E-state index is -1.34. The predicted octanol–water partition coefficient (Wildman–Crippen LogP) is 1.11. The number of nitrogens with one attached hydrogen (secondary N) is 2. The van der Waals surface area contributed by atoms with Gasteiger partial charge in [0.15, 0.2) is 0 Å². The van der Waals surface area contributed by atoms with Gasteiger partial charge in [-0.25, -0.2) is 9.18 Å². The molecule has 2 saturated carbocycles. The number of alkyl halides is 1. The van der Waals surface area contributed by atoms with Gasteiger partial charge in [0.2, 0.25) is 11.7 Å². The van der Waals surface area contributed by atoms with Gasteiger partial charge in [-0.1, -0.05) is 19.3 Å². The second kappa shape index (κ2) is 9.14. The third-order valence-corrected chi connectivity index (χ3v) is 5.47. The summed E-state index contributed by atoms with van der Waals surface area (Å²) in [7, 11) is 0. The number of hydrogen-bond acceptors (Lipinski definition) is 5. The number of Topliss-reactive ketones (excluding diaryl/α,β-unsaturated/α-hetero) is 1. The van der Waals surface area contributed by atoms with Crippen LogP contribution in [0.5, 0.6) is 0 Å². The maximum absolute atomic E-state index is 14.0. The highest BCUT2D eigenvalue weighted by atomic mass is 19.1. The van der Waals surface area contributed by atoms with E-state index in [4.69, 9.17) is 10.5 Å². The van der Waals surface area contributed by atoms with E-state index in [9.17, 15) is 23.6 Å². The first-order valence-electron chi connectivity index (χ1n) is 9.52. The number of ketones is 1. The Balaban J connectivity index is 2.14. The Morgan fingerprint density at radius 1 is 1.19 bits per heavy atom. The molecule has 8 nitrogen and oxygen atoms in total. The molecule has 0 aromatic carbocycles. The summed E-state index contributed by atoms with van der Waals surface area (Å²) < 4.78 is 18.9. The molecule has 3 atom stereocenters. The van der Waals surface area contributed by atoms with E-state index in [-0.39, 0.29) is 18.9 Å². The summed E-state index contributed by atoms with van der Waals surface area (Å²) >= 11 is 0. The molecule has 0 aromatic heterocycles. The molecule has 0 bridgehead atoms. The van der Waals surface area contributed by atoms with Gasteiger partial charge in [0.25, 0.3) is 5.91 Å². The topological polar surface area (TPSA) is 128 Å². The van der Waals surface area contributed by atoms with Crippen molar-refractivity contribution in [2.45, 2.75) is 76.0 Å². The molecule has 4 N–H and O–H groups in total. The van der Waals surface area contributed by atoms with Crippen LogP contribution in [0.1, 0.15) is 58.3 Å². The van der Waals surface area contributed by atoms with Crippen molar-refractivity contribution < 1.29 is 28.3 Å². The third-order valence-electron chi connectivity index (χ3n) is 5.47. The van der Waals surface area contributed by atoms with E-state index in [2.05, 4.69) is 10.6 Å². The summed E-state index contributed by atoms with van der Waals surface area (Å²) in [6.45, 7) is 1.75. The fourth-order valence-electron chi connectivity index (χ4n) is 4.05. The average Bonchev–Trinajstić information content (AvgIpc) is 3.24. The van der Waals surface area contributed by atoms with Crippen LogP contribution >= 0.6 is 0 Å². The van der Waals surface area contributed by atoms with Crippen LogP contribution < -0.4 is 16.4 Å². The van der Waals surface area contributed by atoms with E-state index < -0.39 is 41.4 Å². The first-order chi connectivity index (χ1) is 12.8.